The smallest absolute Gasteiger partial charge is 0.124 e. The van der Waals surface area contributed by atoms with E-state index in [0.717, 1.165) is 18.8 Å². The second-order valence-electron chi connectivity index (χ2n) is 5.47. The summed E-state index contributed by atoms with van der Waals surface area (Å²) >= 11 is 0. The molecule has 0 fully saturated rings. The molecule has 0 heterocycles. The van der Waals surface area contributed by atoms with Gasteiger partial charge in [-0.3, -0.25) is 0 Å². The Hall–Kier alpha value is -2.58. The molecule has 0 saturated carbocycles. The Kier molecular flexibility index (Phi) is 5.43. The van der Waals surface area contributed by atoms with Gasteiger partial charge in [0.05, 0.1) is 0 Å². The molecule has 23 heavy (non-hydrogen) atoms. The van der Waals surface area contributed by atoms with Crippen LogP contribution >= 0.6 is 0 Å². The van der Waals surface area contributed by atoms with E-state index in [0.29, 0.717) is 6.61 Å². The lowest BCUT2D eigenvalue weighted by Gasteiger charge is -2.12. The fourth-order valence-corrected chi connectivity index (χ4v) is 2.46. The molecule has 0 radical (unpaired) electrons. The van der Waals surface area contributed by atoms with Crippen molar-refractivity contribution in [3.63, 3.8) is 0 Å². The van der Waals surface area contributed by atoms with Gasteiger partial charge in [0, 0.05) is 18.7 Å². The molecule has 3 aromatic carbocycles. The molecule has 2 nitrogen and oxygen atoms in total. The van der Waals surface area contributed by atoms with Crippen molar-refractivity contribution in [1.82, 2.24) is 5.32 Å². The summed E-state index contributed by atoms with van der Waals surface area (Å²) in [6.45, 7) is 2.24. The van der Waals surface area contributed by atoms with Gasteiger partial charge in [-0.05, 0) is 17.2 Å². The first kappa shape index (κ1) is 15.3. The third-order valence-electron chi connectivity index (χ3n) is 3.70. The Labute approximate surface area is 137 Å². The van der Waals surface area contributed by atoms with Crippen LogP contribution < -0.4 is 10.1 Å². The Morgan fingerprint density at radius 2 is 1.22 bits per heavy atom. The van der Waals surface area contributed by atoms with Crippen LogP contribution in [0.3, 0.4) is 0 Å². The van der Waals surface area contributed by atoms with Crippen LogP contribution in [-0.4, -0.2) is 0 Å². The maximum Gasteiger partial charge on any atom is 0.124 e. The molecule has 0 aliphatic rings. The zero-order valence-corrected chi connectivity index (χ0v) is 13.1. The summed E-state index contributed by atoms with van der Waals surface area (Å²) in [5, 5.41) is 3.48. The predicted molar refractivity (Wildman–Crippen MR) is 94.2 cm³/mol. The Morgan fingerprint density at radius 1 is 0.609 bits per heavy atom. The van der Waals surface area contributed by atoms with Gasteiger partial charge in [-0.1, -0.05) is 78.9 Å². The van der Waals surface area contributed by atoms with Crippen molar-refractivity contribution < 1.29 is 4.74 Å². The summed E-state index contributed by atoms with van der Waals surface area (Å²) in [6.07, 6.45) is 0. The van der Waals surface area contributed by atoms with E-state index in [4.69, 9.17) is 4.74 Å². The van der Waals surface area contributed by atoms with Gasteiger partial charge >= 0.3 is 0 Å². The quantitative estimate of drug-likeness (QED) is 0.691. The molecule has 2 heteroatoms. The molecule has 0 aromatic heterocycles. The highest BCUT2D eigenvalue weighted by molar-refractivity contribution is 5.33. The van der Waals surface area contributed by atoms with Crippen molar-refractivity contribution in [2.24, 2.45) is 0 Å². The van der Waals surface area contributed by atoms with E-state index in [1.807, 2.05) is 36.4 Å². The van der Waals surface area contributed by atoms with Gasteiger partial charge in [0.1, 0.15) is 12.4 Å². The van der Waals surface area contributed by atoms with E-state index in [1.165, 1.54) is 16.7 Å². The normalized spacial score (nSPS) is 10.4. The van der Waals surface area contributed by atoms with Gasteiger partial charge in [-0.25, -0.2) is 0 Å². The second kappa shape index (κ2) is 8.16. The van der Waals surface area contributed by atoms with E-state index in [9.17, 15) is 0 Å². The zero-order valence-electron chi connectivity index (χ0n) is 13.1. The molecule has 0 aliphatic carbocycles. The minimum absolute atomic E-state index is 0.594. The third-order valence-corrected chi connectivity index (χ3v) is 3.70. The average molecular weight is 303 g/mol. The van der Waals surface area contributed by atoms with Crippen LogP contribution in [0.4, 0.5) is 0 Å². The van der Waals surface area contributed by atoms with Gasteiger partial charge in [0.2, 0.25) is 0 Å². The number of hydrogen-bond acceptors (Lipinski definition) is 2. The van der Waals surface area contributed by atoms with Crippen LogP contribution in [0.2, 0.25) is 0 Å². The molecular formula is C21H21NO. The fraction of sp³-hybridized carbons (Fsp3) is 0.143. The predicted octanol–water partition coefficient (Wildman–Crippen LogP) is 4.56. The molecule has 3 aromatic rings. The van der Waals surface area contributed by atoms with Gasteiger partial charge in [-0.15, -0.1) is 0 Å². The van der Waals surface area contributed by atoms with Crippen molar-refractivity contribution in [1.29, 1.82) is 0 Å². The molecule has 1 N–H and O–H groups in total. The first-order valence-corrected chi connectivity index (χ1v) is 7.91. The van der Waals surface area contributed by atoms with Crippen LogP contribution in [0.5, 0.6) is 5.75 Å². The molecule has 0 atom stereocenters. The lowest BCUT2D eigenvalue weighted by Crippen LogP contribution is -2.13. The van der Waals surface area contributed by atoms with Crippen LogP contribution in [0.1, 0.15) is 16.7 Å². The maximum absolute atomic E-state index is 5.99. The number of rotatable bonds is 7. The molecule has 0 unspecified atom stereocenters. The molecular weight excluding hydrogens is 282 g/mol. The van der Waals surface area contributed by atoms with Gasteiger partial charge < -0.3 is 10.1 Å². The van der Waals surface area contributed by atoms with E-state index in [2.05, 4.69) is 53.8 Å². The van der Waals surface area contributed by atoms with Crippen LogP contribution in [-0.2, 0) is 19.7 Å². The highest BCUT2D eigenvalue weighted by Crippen LogP contribution is 2.19. The Balaban J connectivity index is 1.57. The van der Waals surface area contributed by atoms with E-state index in [-0.39, 0.29) is 0 Å². The van der Waals surface area contributed by atoms with E-state index >= 15 is 0 Å². The Morgan fingerprint density at radius 3 is 1.96 bits per heavy atom. The number of para-hydroxylation sites is 1. The summed E-state index contributed by atoms with van der Waals surface area (Å²) in [4.78, 5) is 0. The standard InChI is InChI=1S/C21H21NO/c1-3-9-18(10-4-1)15-22-16-20-13-7-8-14-21(20)23-17-19-11-5-2-6-12-19/h1-14,22H,15-17H2. The largest absolute Gasteiger partial charge is 0.489 e. The van der Waals surface area contributed by atoms with Crippen molar-refractivity contribution in [2.75, 3.05) is 0 Å². The average Bonchev–Trinajstić information content (AvgIpc) is 2.63. The van der Waals surface area contributed by atoms with Crippen LogP contribution in [0.15, 0.2) is 84.9 Å². The molecule has 0 amide bonds. The topological polar surface area (TPSA) is 21.3 Å². The molecule has 0 aliphatic heterocycles. The highest BCUT2D eigenvalue weighted by Gasteiger charge is 2.03. The lowest BCUT2D eigenvalue weighted by atomic mass is 10.2. The summed E-state index contributed by atoms with van der Waals surface area (Å²) in [5.74, 6) is 0.942. The summed E-state index contributed by atoms with van der Waals surface area (Å²) in [7, 11) is 0. The van der Waals surface area contributed by atoms with Crippen LogP contribution in [0.25, 0.3) is 0 Å². The fourth-order valence-electron chi connectivity index (χ4n) is 2.46. The maximum atomic E-state index is 5.99. The minimum Gasteiger partial charge on any atom is -0.489 e. The van der Waals surface area contributed by atoms with Gasteiger partial charge in [-0.2, -0.15) is 0 Å². The molecule has 116 valence electrons. The van der Waals surface area contributed by atoms with Crippen LogP contribution in [0, 0.1) is 0 Å². The van der Waals surface area contributed by atoms with Gasteiger partial charge in [0.25, 0.3) is 0 Å². The number of benzene rings is 3. The highest BCUT2D eigenvalue weighted by atomic mass is 16.5. The van der Waals surface area contributed by atoms with Crippen molar-refractivity contribution in [2.45, 2.75) is 19.7 Å². The van der Waals surface area contributed by atoms with Gasteiger partial charge in [0.15, 0.2) is 0 Å². The summed E-state index contributed by atoms with van der Waals surface area (Å²) < 4.78 is 5.99. The first-order valence-electron chi connectivity index (χ1n) is 7.91. The summed E-state index contributed by atoms with van der Waals surface area (Å²) in [5.41, 5.74) is 3.65. The summed E-state index contributed by atoms with van der Waals surface area (Å²) in [6, 6.07) is 28.9. The molecule has 0 spiro atoms. The Bertz CT molecular complexity index is 710. The van der Waals surface area contributed by atoms with Crippen molar-refractivity contribution in [3.8, 4) is 5.75 Å². The molecule has 3 rings (SSSR count). The van der Waals surface area contributed by atoms with Crippen molar-refractivity contribution >= 4 is 0 Å². The minimum atomic E-state index is 0.594. The number of hydrogen-bond donors (Lipinski definition) is 1. The number of nitrogens with one attached hydrogen (secondary N) is 1. The van der Waals surface area contributed by atoms with Crippen molar-refractivity contribution in [3.05, 3.63) is 102 Å². The van der Waals surface area contributed by atoms with E-state index < -0.39 is 0 Å². The second-order valence-corrected chi connectivity index (χ2v) is 5.47. The van der Waals surface area contributed by atoms with E-state index in [1.54, 1.807) is 0 Å². The lowest BCUT2D eigenvalue weighted by molar-refractivity contribution is 0.302. The number of ether oxygens (including phenoxy) is 1. The third kappa shape index (κ3) is 4.70. The monoisotopic (exact) mass is 303 g/mol. The molecule has 0 bridgehead atoms. The first-order chi connectivity index (χ1) is 11.4. The SMILES string of the molecule is c1ccc(CNCc2ccccc2OCc2ccccc2)cc1. The zero-order chi connectivity index (χ0) is 15.7. The molecule has 0 saturated heterocycles.